The molecule has 1 aromatic rings. The molecule has 1 fully saturated rings. The predicted molar refractivity (Wildman–Crippen MR) is 79.1 cm³/mol. The van der Waals surface area contributed by atoms with Gasteiger partial charge >= 0.3 is 0 Å². The number of benzene rings is 1. The zero-order chi connectivity index (χ0) is 12.8. The molecular formula is C16H26N2. The van der Waals surface area contributed by atoms with Gasteiger partial charge in [0.2, 0.25) is 0 Å². The highest BCUT2D eigenvalue weighted by atomic mass is 15.1. The van der Waals surface area contributed by atoms with Gasteiger partial charge in [0.25, 0.3) is 0 Å². The van der Waals surface area contributed by atoms with Crippen LogP contribution in [0.5, 0.6) is 0 Å². The Balaban J connectivity index is 1.95. The molecule has 1 unspecified atom stereocenters. The largest absolute Gasteiger partial charge is 0.373 e. The lowest BCUT2D eigenvalue weighted by atomic mass is 9.97. The molecule has 100 valence electrons. The molecule has 0 aliphatic heterocycles. The number of nitrogens with zero attached hydrogens (tertiary/aromatic N) is 1. The highest BCUT2D eigenvalue weighted by Crippen LogP contribution is 2.28. The first-order chi connectivity index (χ1) is 8.81. The van der Waals surface area contributed by atoms with Crippen molar-refractivity contribution in [2.24, 2.45) is 5.92 Å². The number of anilines is 1. The number of likely N-dealkylation sites (N-methyl/N-ethyl adjacent to an activating group) is 2. The lowest BCUT2D eigenvalue weighted by molar-refractivity contribution is 0.367. The molecule has 1 aromatic carbocycles. The van der Waals surface area contributed by atoms with Crippen molar-refractivity contribution in [1.29, 1.82) is 0 Å². The molecule has 2 rings (SSSR count). The Morgan fingerprint density at radius 2 is 1.89 bits per heavy atom. The van der Waals surface area contributed by atoms with E-state index in [1.54, 1.807) is 0 Å². The first kappa shape index (κ1) is 13.4. The number of hydrogen-bond acceptors (Lipinski definition) is 2. The summed E-state index contributed by atoms with van der Waals surface area (Å²) in [5, 5.41) is 3.68. The second kappa shape index (κ2) is 6.79. The molecule has 0 aromatic heterocycles. The normalized spacial score (nSPS) is 17.9. The lowest BCUT2D eigenvalue weighted by Crippen LogP contribution is -2.44. The standard InChI is InChI=1S/C16H26N2/c1-3-17-16(14-9-7-8-10-14)13-18(2)15-11-5-4-6-12-15/h4-6,11-12,14,16-17H,3,7-10,13H2,1-2H3. The molecule has 1 saturated carbocycles. The Hall–Kier alpha value is -1.02. The van der Waals surface area contributed by atoms with Crippen molar-refractivity contribution in [3.63, 3.8) is 0 Å². The predicted octanol–water partition coefficient (Wildman–Crippen LogP) is 3.29. The van der Waals surface area contributed by atoms with Gasteiger partial charge in [-0.3, -0.25) is 0 Å². The van der Waals surface area contributed by atoms with Crippen molar-refractivity contribution >= 4 is 5.69 Å². The Bertz CT molecular complexity index is 330. The van der Waals surface area contributed by atoms with Crippen LogP contribution in [0.3, 0.4) is 0 Å². The molecule has 0 saturated heterocycles. The van der Waals surface area contributed by atoms with Crippen molar-refractivity contribution in [2.45, 2.75) is 38.6 Å². The fraction of sp³-hybridized carbons (Fsp3) is 0.625. The summed E-state index contributed by atoms with van der Waals surface area (Å²) >= 11 is 0. The average molecular weight is 246 g/mol. The summed E-state index contributed by atoms with van der Waals surface area (Å²) in [6, 6.07) is 11.3. The van der Waals surface area contributed by atoms with Gasteiger partial charge < -0.3 is 10.2 Å². The maximum absolute atomic E-state index is 3.68. The molecule has 0 radical (unpaired) electrons. The molecular weight excluding hydrogens is 220 g/mol. The Morgan fingerprint density at radius 1 is 1.22 bits per heavy atom. The molecule has 1 atom stereocenters. The zero-order valence-corrected chi connectivity index (χ0v) is 11.7. The van der Waals surface area contributed by atoms with Crippen LogP contribution in [-0.2, 0) is 0 Å². The maximum Gasteiger partial charge on any atom is 0.0364 e. The first-order valence-corrected chi connectivity index (χ1v) is 7.31. The smallest absolute Gasteiger partial charge is 0.0364 e. The van der Waals surface area contributed by atoms with E-state index >= 15 is 0 Å². The molecule has 0 amide bonds. The van der Waals surface area contributed by atoms with E-state index in [0.717, 1.165) is 19.0 Å². The van der Waals surface area contributed by atoms with Gasteiger partial charge in [-0.25, -0.2) is 0 Å². The van der Waals surface area contributed by atoms with E-state index in [-0.39, 0.29) is 0 Å². The van der Waals surface area contributed by atoms with E-state index in [0.29, 0.717) is 6.04 Å². The Labute approximate surface area is 111 Å². The summed E-state index contributed by atoms with van der Waals surface area (Å²) < 4.78 is 0. The van der Waals surface area contributed by atoms with Gasteiger partial charge in [-0.2, -0.15) is 0 Å². The van der Waals surface area contributed by atoms with Crippen molar-refractivity contribution < 1.29 is 0 Å². The van der Waals surface area contributed by atoms with E-state index in [4.69, 9.17) is 0 Å². The summed E-state index contributed by atoms with van der Waals surface area (Å²) in [6.45, 7) is 4.40. The number of hydrogen-bond donors (Lipinski definition) is 1. The molecule has 1 N–H and O–H groups in total. The van der Waals surface area contributed by atoms with Gasteiger partial charge in [-0.1, -0.05) is 38.0 Å². The summed E-state index contributed by atoms with van der Waals surface area (Å²) in [5.74, 6) is 0.871. The van der Waals surface area contributed by atoms with E-state index in [1.165, 1.54) is 31.4 Å². The third-order valence-corrected chi connectivity index (χ3v) is 4.10. The van der Waals surface area contributed by atoms with Crippen molar-refractivity contribution in [3.05, 3.63) is 30.3 Å². The van der Waals surface area contributed by atoms with Crippen LogP contribution < -0.4 is 10.2 Å². The van der Waals surface area contributed by atoms with Crippen LogP contribution in [0.25, 0.3) is 0 Å². The van der Waals surface area contributed by atoms with Crippen LogP contribution in [0.2, 0.25) is 0 Å². The highest BCUT2D eigenvalue weighted by Gasteiger charge is 2.25. The van der Waals surface area contributed by atoms with Crippen LogP contribution in [0, 0.1) is 5.92 Å². The third-order valence-electron chi connectivity index (χ3n) is 4.10. The minimum Gasteiger partial charge on any atom is -0.373 e. The van der Waals surface area contributed by atoms with E-state index < -0.39 is 0 Å². The molecule has 1 aliphatic rings. The summed E-state index contributed by atoms with van der Waals surface area (Å²) in [7, 11) is 2.20. The van der Waals surface area contributed by atoms with Crippen molar-refractivity contribution in [2.75, 3.05) is 25.0 Å². The van der Waals surface area contributed by atoms with Gasteiger partial charge in [0.05, 0.1) is 0 Å². The number of rotatable bonds is 6. The fourth-order valence-electron chi connectivity index (χ4n) is 3.09. The summed E-state index contributed by atoms with van der Waals surface area (Å²) in [5.41, 5.74) is 1.32. The van der Waals surface area contributed by atoms with Gasteiger partial charge in [-0.15, -0.1) is 0 Å². The van der Waals surface area contributed by atoms with E-state index in [2.05, 4.69) is 54.5 Å². The van der Waals surface area contributed by atoms with Gasteiger partial charge in [-0.05, 0) is 37.4 Å². The van der Waals surface area contributed by atoms with Crippen LogP contribution in [0.1, 0.15) is 32.6 Å². The van der Waals surface area contributed by atoms with E-state index in [9.17, 15) is 0 Å². The lowest BCUT2D eigenvalue weighted by Gasteiger charge is -2.30. The van der Waals surface area contributed by atoms with Crippen LogP contribution in [-0.4, -0.2) is 26.2 Å². The summed E-state index contributed by atoms with van der Waals surface area (Å²) in [6.07, 6.45) is 5.64. The third kappa shape index (κ3) is 3.49. The Kier molecular flexibility index (Phi) is 5.06. The van der Waals surface area contributed by atoms with Crippen LogP contribution in [0.4, 0.5) is 5.69 Å². The SMILES string of the molecule is CCNC(CN(C)c1ccccc1)C1CCCC1. The highest BCUT2D eigenvalue weighted by molar-refractivity contribution is 5.45. The van der Waals surface area contributed by atoms with Gasteiger partial charge in [0.15, 0.2) is 0 Å². The Morgan fingerprint density at radius 3 is 2.50 bits per heavy atom. The second-order valence-corrected chi connectivity index (χ2v) is 5.42. The summed E-state index contributed by atoms with van der Waals surface area (Å²) in [4.78, 5) is 2.38. The number of para-hydroxylation sites is 1. The van der Waals surface area contributed by atoms with Gasteiger partial charge in [0, 0.05) is 25.3 Å². The molecule has 0 spiro atoms. The molecule has 0 bridgehead atoms. The van der Waals surface area contributed by atoms with Gasteiger partial charge in [0.1, 0.15) is 0 Å². The fourth-order valence-corrected chi connectivity index (χ4v) is 3.09. The number of nitrogens with one attached hydrogen (secondary N) is 1. The van der Waals surface area contributed by atoms with Crippen molar-refractivity contribution in [1.82, 2.24) is 5.32 Å². The maximum atomic E-state index is 3.68. The van der Waals surface area contributed by atoms with Crippen LogP contribution in [0.15, 0.2) is 30.3 Å². The molecule has 2 nitrogen and oxygen atoms in total. The van der Waals surface area contributed by atoms with Crippen LogP contribution >= 0.6 is 0 Å². The minimum absolute atomic E-state index is 0.641. The zero-order valence-electron chi connectivity index (χ0n) is 11.7. The average Bonchev–Trinajstić information content (AvgIpc) is 2.93. The first-order valence-electron chi connectivity index (χ1n) is 7.31. The molecule has 0 heterocycles. The topological polar surface area (TPSA) is 15.3 Å². The second-order valence-electron chi connectivity index (χ2n) is 5.42. The quantitative estimate of drug-likeness (QED) is 0.828. The molecule has 1 aliphatic carbocycles. The monoisotopic (exact) mass is 246 g/mol. The molecule has 2 heteroatoms. The molecule has 18 heavy (non-hydrogen) atoms. The minimum atomic E-state index is 0.641. The van der Waals surface area contributed by atoms with Crippen molar-refractivity contribution in [3.8, 4) is 0 Å². The van der Waals surface area contributed by atoms with E-state index in [1.807, 2.05) is 0 Å².